The first-order valence-corrected chi connectivity index (χ1v) is 6.20. The van der Waals surface area contributed by atoms with E-state index in [1.165, 1.54) is 0 Å². The molecule has 1 atom stereocenters. The molecule has 0 heterocycles. The number of rotatable bonds is 12. The van der Waals surface area contributed by atoms with E-state index in [0.29, 0.717) is 19.6 Å². The average molecular weight is 290 g/mol. The van der Waals surface area contributed by atoms with E-state index in [4.69, 9.17) is 25.4 Å². The van der Waals surface area contributed by atoms with E-state index in [9.17, 15) is 9.59 Å². The lowest BCUT2D eigenvalue weighted by molar-refractivity contribution is -0.142. The second kappa shape index (κ2) is 11.2. The van der Waals surface area contributed by atoms with E-state index in [0.717, 1.165) is 0 Å². The Labute approximate surface area is 117 Å². The second-order valence-corrected chi connectivity index (χ2v) is 4.05. The molecule has 0 radical (unpaired) electrons. The third-order valence-electron chi connectivity index (χ3n) is 2.28. The highest BCUT2D eigenvalue weighted by Crippen LogP contribution is 2.00. The summed E-state index contributed by atoms with van der Waals surface area (Å²) >= 11 is 0. The lowest BCUT2D eigenvalue weighted by Crippen LogP contribution is -2.30. The first-order valence-electron chi connectivity index (χ1n) is 6.20. The quantitative estimate of drug-likeness (QED) is 0.279. The van der Waals surface area contributed by atoms with Gasteiger partial charge >= 0.3 is 5.97 Å². The number of carboxylic acids is 1. The third kappa shape index (κ3) is 11.5. The SMILES string of the molecule is C=C(O)[C@@H](N)CCC(=O)NCCOCCOCC(=O)O. The zero-order chi connectivity index (χ0) is 15.4. The summed E-state index contributed by atoms with van der Waals surface area (Å²) in [6, 6.07) is -0.594. The lowest BCUT2D eigenvalue weighted by Gasteiger charge is -2.10. The molecule has 1 amide bonds. The highest BCUT2D eigenvalue weighted by Gasteiger charge is 2.08. The Morgan fingerprint density at radius 2 is 1.85 bits per heavy atom. The molecule has 0 aromatic carbocycles. The van der Waals surface area contributed by atoms with Crippen LogP contribution < -0.4 is 11.1 Å². The van der Waals surface area contributed by atoms with Gasteiger partial charge in [0.15, 0.2) is 0 Å². The maximum Gasteiger partial charge on any atom is 0.329 e. The first-order chi connectivity index (χ1) is 9.43. The molecule has 0 aliphatic rings. The molecule has 0 rings (SSSR count). The fraction of sp³-hybridized carbons (Fsp3) is 0.667. The molecule has 0 bridgehead atoms. The summed E-state index contributed by atoms with van der Waals surface area (Å²) < 4.78 is 9.87. The van der Waals surface area contributed by atoms with Crippen molar-refractivity contribution >= 4 is 11.9 Å². The number of aliphatic carboxylic acids is 1. The van der Waals surface area contributed by atoms with Gasteiger partial charge in [0.05, 0.1) is 25.9 Å². The van der Waals surface area contributed by atoms with Gasteiger partial charge in [-0.3, -0.25) is 4.79 Å². The van der Waals surface area contributed by atoms with E-state index < -0.39 is 12.0 Å². The van der Waals surface area contributed by atoms with Crippen molar-refractivity contribution in [2.24, 2.45) is 5.73 Å². The fourth-order valence-corrected chi connectivity index (χ4v) is 1.18. The minimum Gasteiger partial charge on any atom is -0.511 e. The van der Waals surface area contributed by atoms with Gasteiger partial charge in [-0.2, -0.15) is 0 Å². The van der Waals surface area contributed by atoms with Crippen LogP contribution in [0.4, 0.5) is 0 Å². The van der Waals surface area contributed by atoms with E-state index in [1.54, 1.807) is 0 Å². The van der Waals surface area contributed by atoms with Gasteiger partial charge in [0.2, 0.25) is 5.91 Å². The van der Waals surface area contributed by atoms with Crippen molar-refractivity contribution in [1.82, 2.24) is 5.32 Å². The highest BCUT2D eigenvalue weighted by atomic mass is 16.5. The lowest BCUT2D eigenvalue weighted by atomic mass is 10.1. The van der Waals surface area contributed by atoms with Crippen LogP contribution in [0.2, 0.25) is 0 Å². The normalized spacial score (nSPS) is 11.8. The van der Waals surface area contributed by atoms with E-state index >= 15 is 0 Å². The summed E-state index contributed by atoms with van der Waals surface area (Å²) in [6.07, 6.45) is 0.521. The average Bonchev–Trinajstić information content (AvgIpc) is 2.38. The van der Waals surface area contributed by atoms with Crippen molar-refractivity contribution in [3.05, 3.63) is 12.3 Å². The monoisotopic (exact) mass is 290 g/mol. The summed E-state index contributed by atoms with van der Waals surface area (Å²) in [7, 11) is 0. The molecule has 0 aliphatic heterocycles. The van der Waals surface area contributed by atoms with Gasteiger partial charge in [-0.1, -0.05) is 6.58 Å². The Kier molecular flexibility index (Phi) is 10.3. The zero-order valence-electron chi connectivity index (χ0n) is 11.3. The molecule has 0 saturated heterocycles. The van der Waals surface area contributed by atoms with Crippen LogP contribution in [0.25, 0.3) is 0 Å². The van der Waals surface area contributed by atoms with Crippen LogP contribution in [0, 0.1) is 0 Å². The van der Waals surface area contributed by atoms with E-state index in [1.807, 2.05) is 0 Å². The molecule has 8 nitrogen and oxygen atoms in total. The molecule has 0 saturated carbocycles. The van der Waals surface area contributed by atoms with Crippen molar-refractivity contribution in [1.29, 1.82) is 0 Å². The van der Waals surface area contributed by atoms with Crippen LogP contribution in [-0.4, -0.2) is 61.1 Å². The van der Waals surface area contributed by atoms with Gasteiger partial charge in [0.25, 0.3) is 0 Å². The minimum absolute atomic E-state index is 0.137. The smallest absolute Gasteiger partial charge is 0.329 e. The summed E-state index contributed by atoms with van der Waals surface area (Å²) in [5.41, 5.74) is 5.50. The molecule has 0 aromatic heterocycles. The zero-order valence-corrected chi connectivity index (χ0v) is 11.3. The van der Waals surface area contributed by atoms with Crippen molar-refractivity contribution in [2.75, 3.05) is 33.0 Å². The molecule has 20 heavy (non-hydrogen) atoms. The fourth-order valence-electron chi connectivity index (χ4n) is 1.18. The number of aliphatic hydroxyl groups excluding tert-OH is 1. The van der Waals surface area contributed by atoms with Crippen LogP contribution in [-0.2, 0) is 19.1 Å². The van der Waals surface area contributed by atoms with Crippen molar-refractivity contribution in [3.63, 3.8) is 0 Å². The van der Waals surface area contributed by atoms with Crippen LogP contribution >= 0.6 is 0 Å². The number of carboxylic acid groups (broad SMARTS) is 1. The van der Waals surface area contributed by atoms with Crippen LogP contribution in [0.5, 0.6) is 0 Å². The molecular formula is C12H22N2O6. The second-order valence-electron chi connectivity index (χ2n) is 4.05. The van der Waals surface area contributed by atoms with Gasteiger partial charge in [-0.25, -0.2) is 4.79 Å². The number of aliphatic hydroxyl groups is 1. The number of hydrogen-bond donors (Lipinski definition) is 4. The van der Waals surface area contributed by atoms with Crippen molar-refractivity contribution in [3.8, 4) is 0 Å². The molecule has 0 aromatic rings. The topological polar surface area (TPSA) is 131 Å². The summed E-state index contributed by atoms with van der Waals surface area (Å²) in [6.45, 7) is 4.03. The Morgan fingerprint density at radius 3 is 2.45 bits per heavy atom. The molecule has 0 unspecified atom stereocenters. The number of hydrogen-bond acceptors (Lipinski definition) is 6. The highest BCUT2D eigenvalue weighted by molar-refractivity contribution is 5.75. The van der Waals surface area contributed by atoms with Crippen LogP contribution in [0.3, 0.4) is 0 Å². The van der Waals surface area contributed by atoms with E-state index in [2.05, 4.69) is 11.9 Å². The summed E-state index contributed by atoms with van der Waals surface area (Å²) in [4.78, 5) is 21.5. The molecule has 8 heteroatoms. The number of ether oxygens (including phenoxy) is 2. The standard InChI is InChI=1S/C12H22N2O6/c1-9(15)10(13)2-3-11(16)14-4-5-19-6-7-20-8-12(17)18/h10,15H,1-8,13H2,(H,14,16)(H,17,18)/t10-/m0/s1. The number of carbonyl (C=O) groups excluding carboxylic acids is 1. The number of carbonyl (C=O) groups is 2. The summed E-state index contributed by atoms with van der Waals surface area (Å²) in [5.74, 6) is -1.35. The van der Waals surface area contributed by atoms with E-state index in [-0.39, 0.29) is 37.9 Å². The van der Waals surface area contributed by atoms with Crippen LogP contribution in [0.1, 0.15) is 12.8 Å². The Morgan fingerprint density at radius 1 is 1.20 bits per heavy atom. The number of amides is 1. The van der Waals surface area contributed by atoms with Crippen LogP contribution in [0.15, 0.2) is 12.3 Å². The molecule has 0 fully saturated rings. The van der Waals surface area contributed by atoms with Gasteiger partial charge in [0, 0.05) is 13.0 Å². The molecule has 5 N–H and O–H groups in total. The molecule has 116 valence electrons. The summed E-state index contributed by atoms with van der Waals surface area (Å²) in [5, 5.41) is 19.9. The minimum atomic E-state index is -1.03. The number of nitrogens with two attached hydrogens (primary N) is 1. The maximum absolute atomic E-state index is 11.4. The van der Waals surface area contributed by atoms with Gasteiger partial charge in [-0.15, -0.1) is 0 Å². The largest absolute Gasteiger partial charge is 0.511 e. The number of nitrogens with one attached hydrogen (secondary N) is 1. The molecule has 0 aliphatic carbocycles. The first kappa shape index (κ1) is 18.4. The predicted octanol–water partition coefficient (Wildman–Crippen LogP) is -0.600. The van der Waals surface area contributed by atoms with Gasteiger partial charge < -0.3 is 30.7 Å². The molecule has 0 spiro atoms. The Bertz CT molecular complexity index is 321. The Hall–Kier alpha value is -1.64. The predicted molar refractivity (Wildman–Crippen MR) is 71.3 cm³/mol. The molecular weight excluding hydrogens is 268 g/mol. The van der Waals surface area contributed by atoms with Crippen molar-refractivity contribution in [2.45, 2.75) is 18.9 Å². The third-order valence-corrected chi connectivity index (χ3v) is 2.28. The Balaban J connectivity index is 3.35. The maximum atomic E-state index is 11.4. The van der Waals surface area contributed by atoms with Crippen molar-refractivity contribution < 1.29 is 29.3 Å². The van der Waals surface area contributed by atoms with Gasteiger partial charge in [-0.05, 0) is 6.42 Å². The van der Waals surface area contributed by atoms with Gasteiger partial charge in [0.1, 0.15) is 12.4 Å².